The number of aliphatic hydroxyl groups is 1. The van der Waals surface area contributed by atoms with E-state index in [1.165, 1.54) is 0 Å². The Bertz CT molecular complexity index is 1030. The zero-order valence-corrected chi connectivity index (χ0v) is 16.7. The van der Waals surface area contributed by atoms with Gasteiger partial charge in [-0.05, 0) is 66.8 Å². The van der Waals surface area contributed by atoms with Crippen LogP contribution in [0.25, 0.3) is 0 Å². The van der Waals surface area contributed by atoms with Gasteiger partial charge in [0, 0.05) is 23.4 Å². The molecule has 2 unspecified atom stereocenters. The summed E-state index contributed by atoms with van der Waals surface area (Å²) in [6.07, 6.45) is 2.31. The van der Waals surface area contributed by atoms with E-state index in [0.717, 1.165) is 33.5 Å². The summed E-state index contributed by atoms with van der Waals surface area (Å²) < 4.78 is 0. The fourth-order valence-electron chi connectivity index (χ4n) is 3.65. The van der Waals surface area contributed by atoms with Crippen LogP contribution >= 0.6 is 0 Å². The molecule has 3 rings (SSSR count). The number of rotatable bonds is 6. The Morgan fingerprint density at radius 2 is 1.83 bits per heavy atom. The predicted octanol–water partition coefficient (Wildman–Crippen LogP) is 4.55. The van der Waals surface area contributed by atoms with Crippen LogP contribution in [0.15, 0.2) is 72.0 Å². The van der Waals surface area contributed by atoms with Crippen molar-refractivity contribution >= 4 is 0 Å². The number of hydrogen-bond acceptors (Lipinski definition) is 4. The first-order valence-electron chi connectivity index (χ1n) is 9.61. The summed E-state index contributed by atoms with van der Waals surface area (Å²) in [5.41, 5.74) is 6.03. The highest BCUT2D eigenvalue weighted by Crippen LogP contribution is 2.34. The molecule has 4 nitrogen and oxygen atoms in total. The Morgan fingerprint density at radius 3 is 2.48 bits per heavy atom. The SMILES string of the molecule is Cc1cc(CC(N=O)C(c2ccc(C#CCO)cc2)c2ccccc2C)ccn1. The molecular weight excluding hydrogens is 360 g/mol. The van der Waals surface area contributed by atoms with Gasteiger partial charge in [0.05, 0.1) is 0 Å². The van der Waals surface area contributed by atoms with Crippen molar-refractivity contribution in [3.63, 3.8) is 0 Å². The van der Waals surface area contributed by atoms with E-state index in [1.54, 1.807) is 6.20 Å². The Balaban J connectivity index is 2.02. The highest BCUT2D eigenvalue weighted by molar-refractivity contribution is 5.43. The lowest BCUT2D eigenvalue weighted by molar-refractivity contribution is 0.350. The molecule has 146 valence electrons. The minimum absolute atomic E-state index is 0.165. The summed E-state index contributed by atoms with van der Waals surface area (Å²) in [5, 5.41) is 12.4. The fraction of sp³-hybridized carbons (Fsp3) is 0.240. The molecule has 1 heterocycles. The van der Waals surface area contributed by atoms with Gasteiger partial charge in [0.2, 0.25) is 0 Å². The summed E-state index contributed by atoms with van der Waals surface area (Å²) in [7, 11) is 0. The lowest BCUT2D eigenvalue weighted by Gasteiger charge is -2.25. The Labute approximate surface area is 171 Å². The van der Waals surface area contributed by atoms with Crippen molar-refractivity contribution in [2.24, 2.45) is 5.18 Å². The second-order valence-corrected chi connectivity index (χ2v) is 7.10. The van der Waals surface area contributed by atoms with Gasteiger partial charge >= 0.3 is 0 Å². The second kappa shape index (κ2) is 9.77. The minimum Gasteiger partial charge on any atom is -0.384 e. The van der Waals surface area contributed by atoms with Gasteiger partial charge in [-0.15, -0.1) is 0 Å². The zero-order chi connectivity index (χ0) is 20.6. The fourth-order valence-corrected chi connectivity index (χ4v) is 3.65. The predicted molar refractivity (Wildman–Crippen MR) is 116 cm³/mol. The minimum atomic E-state index is -0.452. The highest BCUT2D eigenvalue weighted by atomic mass is 16.3. The molecule has 0 aliphatic heterocycles. The standard InChI is InChI=1S/C25H24N2O2/c1-18-6-3-4-8-23(18)25(22-11-9-20(10-12-22)7-5-15-28)24(27-29)17-21-13-14-26-19(2)16-21/h3-4,6,8-14,16,24-25,28H,15,17H2,1-2H3. The van der Waals surface area contributed by atoms with Crippen molar-refractivity contribution in [1.29, 1.82) is 0 Å². The van der Waals surface area contributed by atoms with Crippen molar-refractivity contribution in [3.05, 3.63) is 105 Å². The molecule has 0 bridgehead atoms. The van der Waals surface area contributed by atoms with Crippen LogP contribution in [0, 0.1) is 30.6 Å². The topological polar surface area (TPSA) is 62.5 Å². The quantitative estimate of drug-likeness (QED) is 0.501. The van der Waals surface area contributed by atoms with Crippen LogP contribution in [0.4, 0.5) is 0 Å². The number of nitrogens with zero attached hydrogens (tertiary/aromatic N) is 2. The third kappa shape index (κ3) is 5.16. The summed E-state index contributed by atoms with van der Waals surface area (Å²) in [4.78, 5) is 16.2. The summed E-state index contributed by atoms with van der Waals surface area (Å²) in [5.74, 6) is 5.40. The third-order valence-electron chi connectivity index (χ3n) is 5.03. The number of nitroso groups, excluding NO2 is 1. The molecule has 1 aromatic heterocycles. The van der Waals surface area contributed by atoms with Gasteiger partial charge in [0.1, 0.15) is 12.6 Å². The van der Waals surface area contributed by atoms with Gasteiger partial charge in [0.25, 0.3) is 0 Å². The maximum atomic E-state index is 12.0. The smallest absolute Gasteiger partial charge is 0.107 e. The molecule has 0 amide bonds. The van der Waals surface area contributed by atoms with E-state index in [-0.39, 0.29) is 12.5 Å². The van der Waals surface area contributed by atoms with Crippen molar-refractivity contribution < 1.29 is 5.11 Å². The van der Waals surface area contributed by atoms with Gasteiger partial charge in [-0.1, -0.05) is 53.4 Å². The maximum Gasteiger partial charge on any atom is 0.107 e. The molecule has 2 aromatic carbocycles. The van der Waals surface area contributed by atoms with Crippen molar-refractivity contribution in [2.75, 3.05) is 6.61 Å². The average molecular weight is 384 g/mol. The van der Waals surface area contributed by atoms with Gasteiger partial charge in [0.15, 0.2) is 0 Å². The third-order valence-corrected chi connectivity index (χ3v) is 5.03. The van der Waals surface area contributed by atoms with E-state index in [0.29, 0.717) is 6.42 Å². The molecule has 4 heteroatoms. The number of benzene rings is 2. The number of aromatic nitrogens is 1. The first kappa shape index (κ1) is 20.4. The van der Waals surface area contributed by atoms with Crippen LogP contribution in [-0.2, 0) is 6.42 Å². The van der Waals surface area contributed by atoms with Crippen molar-refractivity contribution in [2.45, 2.75) is 32.2 Å². The van der Waals surface area contributed by atoms with E-state index in [9.17, 15) is 4.91 Å². The monoisotopic (exact) mass is 384 g/mol. The Morgan fingerprint density at radius 1 is 1.07 bits per heavy atom. The van der Waals surface area contributed by atoms with Crippen LogP contribution in [0.2, 0.25) is 0 Å². The lowest BCUT2D eigenvalue weighted by atomic mass is 9.81. The van der Waals surface area contributed by atoms with Crippen LogP contribution < -0.4 is 0 Å². The second-order valence-electron chi connectivity index (χ2n) is 7.10. The number of aryl methyl sites for hydroxylation is 2. The Hall–Kier alpha value is -3.29. The van der Waals surface area contributed by atoms with E-state index < -0.39 is 6.04 Å². The molecule has 0 aliphatic rings. The van der Waals surface area contributed by atoms with Crippen molar-refractivity contribution in [1.82, 2.24) is 4.98 Å². The highest BCUT2D eigenvalue weighted by Gasteiger charge is 2.27. The molecule has 0 saturated heterocycles. The van der Waals surface area contributed by atoms with Gasteiger partial charge < -0.3 is 5.11 Å². The van der Waals surface area contributed by atoms with E-state index >= 15 is 0 Å². The van der Waals surface area contributed by atoms with Crippen LogP contribution in [0.1, 0.15) is 39.4 Å². The van der Waals surface area contributed by atoms with Crippen LogP contribution in [0.5, 0.6) is 0 Å². The molecule has 0 spiro atoms. The summed E-state index contributed by atoms with van der Waals surface area (Å²) in [6, 6.07) is 19.4. The summed E-state index contributed by atoms with van der Waals surface area (Å²) in [6.45, 7) is 3.83. The molecule has 29 heavy (non-hydrogen) atoms. The Kier molecular flexibility index (Phi) is 6.89. The lowest BCUT2D eigenvalue weighted by Crippen LogP contribution is -2.21. The molecule has 3 aromatic rings. The number of hydrogen-bond donors (Lipinski definition) is 1. The molecular formula is C25H24N2O2. The van der Waals surface area contributed by atoms with Crippen LogP contribution in [-0.4, -0.2) is 22.7 Å². The molecule has 0 saturated carbocycles. The number of aliphatic hydroxyl groups excluding tert-OH is 1. The van der Waals surface area contributed by atoms with Crippen molar-refractivity contribution in [3.8, 4) is 11.8 Å². The normalized spacial score (nSPS) is 12.5. The van der Waals surface area contributed by atoms with Gasteiger partial charge in [-0.25, -0.2) is 0 Å². The molecule has 2 atom stereocenters. The molecule has 0 aliphatic carbocycles. The van der Waals surface area contributed by atoms with Gasteiger partial charge in [-0.3, -0.25) is 4.98 Å². The summed E-state index contributed by atoms with van der Waals surface area (Å²) >= 11 is 0. The van der Waals surface area contributed by atoms with Gasteiger partial charge in [-0.2, -0.15) is 4.91 Å². The molecule has 0 fully saturated rings. The first-order chi connectivity index (χ1) is 14.1. The van der Waals surface area contributed by atoms with E-state index in [1.807, 2.05) is 55.5 Å². The molecule has 1 N–H and O–H groups in total. The number of pyridine rings is 1. The molecule has 0 radical (unpaired) electrons. The average Bonchev–Trinajstić information content (AvgIpc) is 2.74. The first-order valence-corrected chi connectivity index (χ1v) is 9.61. The van der Waals surface area contributed by atoms with E-state index in [2.05, 4.69) is 41.1 Å². The van der Waals surface area contributed by atoms with E-state index in [4.69, 9.17) is 5.11 Å². The largest absolute Gasteiger partial charge is 0.384 e. The van der Waals surface area contributed by atoms with Crippen LogP contribution in [0.3, 0.4) is 0 Å². The maximum absolute atomic E-state index is 12.0. The zero-order valence-electron chi connectivity index (χ0n) is 16.7.